The Morgan fingerprint density at radius 2 is 1.97 bits per heavy atom. The first-order chi connectivity index (χ1) is 13.8. The van der Waals surface area contributed by atoms with E-state index < -0.39 is 23.4 Å². The smallest absolute Gasteiger partial charge is 0.267 e. The number of amides is 2. The van der Waals surface area contributed by atoms with E-state index in [0.29, 0.717) is 24.5 Å². The highest BCUT2D eigenvalue weighted by atomic mass is 16.5. The normalized spacial score (nSPS) is 13.8. The van der Waals surface area contributed by atoms with Gasteiger partial charge in [0.05, 0.1) is 6.61 Å². The van der Waals surface area contributed by atoms with Crippen molar-refractivity contribution in [1.82, 2.24) is 10.8 Å². The summed E-state index contributed by atoms with van der Waals surface area (Å²) in [6.45, 7) is 4.27. The fourth-order valence-electron chi connectivity index (χ4n) is 3.07. The summed E-state index contributed by atoms with van der Waals surface area (Å²) in [5.74, 6) is 0.271. The summed E-state index contributed by atoms with van der Waals surface area (Å²) in [5.41, 5.74) is 8.95. The maximum Gasteiger partial charge on any atom is 0.267 e. The monoisotopic (exact) mass is 399 g/mol. The van der Waals surface area contributed by atoms with Crippen molar-refractivity contribution in [3.05, 3.63) is 59.2 Å². The molecule has 0 bridgehead atoms. The van der Waals surface area contributed by atoms with Crippen LogP contribution in [0.5, 0.6) is 11.5 Å². The van der Waals surface area contributed by atoms with Crippen molar-refractivity contribution in [3.8, 4) is 11.5 Å². The largest absolute Gasteiger partial charge is 0.493 e. The number of nitrogens with two attached hydrogens (primary N) is 1. The number of ether oxygens (including phenoxy) is 2. The molecule has 0 spiro atoms. The Balaban J connectivity index is 1.60. The third kappa shape index (κ3) is 5.04. The first-order valence-electron chi connectivity index (χ1n) is 9.29. The number of nitrogens with one attached hydrogen (secondary N) is 2. The van der Waals surface area contributed by atoms with E-state index in [1.54, 1.807) is 38.1 Å². The van der Waals surface area contributed by atoms with Crippen molar-refractivity contribution in [1.29, 1.82) is 0 Å². The molecule has 0 unspecified atom stereocenters. The zero-order valence-corrected chi connectivity index (χ0v) is 16.4. The van der Waals surface area contributed by atoms with Gasteiger partial charge < -0.3 is 20.5 Å². The molecule has 2 amide bonds. The van der Waals surface area contributed by atoms with Gasteiger partial charge in [-0.1, -0.05) is 6.07 Å². The third-order valence-corrected chi connectivity index (χ3v) is 4.67. The SMILES string of the molecule is CC(C)(N)[C@H](NC(=O)c1ccc(OCc2ccc3c(c2)CCO3)cc1)C(=O)NO. The summed E-state index contributed by atoms with van der Waals surface area (Å²) in [5, 5.41) is 11.4. The first-order valence-corrected chi connectivity index (χ1v) is 9.29. The van der Waals surface area contributed by atoms with Crippen LogP contribution in [-0.2, 0) is 17.8 Å². The number of rotatable bonds is 7. The van der Waals surface area contributed by atoms with Crippen LogP contribution in [0, 0.1) is 0 Å². The minimum absolute atomic E-state index is 0.340. The van der Waals surface area contributed by atoms with Crippen LogP contribution in [0.1, 0.15) is 35.3 Å². The van der Waals surface area contributed by atoms with Crippen molar-refractivity contribution in [3.63, 3.8) is 0 Å². The van der Waals surface area contributed by atoms with Gasteiger partial charge in [-0.15, -0.1) is 0 Å². The molecule has 0 aromatic heterocycles. The number of fused-ring (bicyclic) bond motifs is 1. The van der Waals surface area contributed by atoms with Gasteiger partial charge >= 0.3 is 0 Å². The molecule has 0 aliphatic carbocycles. The van der Waals surface area contributed by atoms with Gasteiger partial charge in [0.2, 0.25) is 0 Å². The van der Waals surface area contributed by atoms with Gasteiger partial charge in [-0.2, -0.15) is 0 Å². The third-order valence-electron chi connectivity index (χ3n) is 4.67. The molecule has 0 saturated heterocycles. The summed E-state index contributed by atoms with van der Waals surface area (Å²) in [7, 11) is 0. The predicted octanol–water partition coefficient (Wildman–Crippen LogP) is 1.54. The zero-order valence-electron chi connectivity index (χ0n) is 16.4. The van der Waals surface area contributed by atoms with E-state index in [1.807, 2.05) is 12.1 Å². The van der Waals surface area contributed by atoms with Crippen molar-refractivity contribution >= 4 is 11.8 Å². The quantitative estimate of drug-likeness (QED) is 0.414. The van der Waals surface area contributed by atoms with Crippen LogP contribution in [0.3, 0.4) is 0 Å². The van der Waals surface area contributed by atoms with Crippen LogP contribution in [0.15, 0.2) is 42.5 Å². The molecule has 8 nitrogen and oxygen atoms in total. The molecule has 8 heteroatoms. The molecule has 3 rings (SSSR count). The Bertz CT molecular complexity index is 890. The molecule has 2 aromatic rings. The van der Waals surface area contributed by atoms with Crippen molar-refractivity contribution in [2.75, 3.05) is 6.61 Å². The number of hydroxylamine groups is 1. The van der Waals surface area contributed by atoms with Crippen molar-refractivity contribution in [2.24, 2.45) is 5.73 Å². The van der Waals surface area contributed by atoms with E-state index in [9.17, 15) is 9.59 Å². The lowest BCUT2D eigenvalue weighted by Crippen LogP contribution is -2.61. The van der Waals surface area contributed by atoms with Crippen LogP contribution >= 0.6 is 0 Å². The highest BCUT2D eigenvalue weighted by Crippen LogP contribution is 2.26. The second-order valence-electron chi connectivity index (χ2n) is 7.56. The highest BCUT2D eigenvalue weighted by molar-refractivity contribution is 5.97. The van der Waals surface area contributed by atoms with Gasteiger partial charge in [-0.05, 0) is 61.4 Å². The number of hydrogen-bond donors (Lipinski definition) is 4. The maximum atomic E-state index is 12.4. The number of benzene rings is 2. The van der Waals surface area contributed by atoms with Gasteiger partial charge in [-0.3, -0.25) is 14.8 Å². The topological polar surface area (TPSA) is 123 Å². The standard InChI is InChI=1S/C21H25N3O5/c1-21(2,22)18(20(26)24-27)23-19(25)14-4-6-16(7-5-14)29-12-13-3-8-17-15(11-13)9-10-28-17/h3-8,11,18,27H,9-10,12,22H2,1-2H3,(H,23,25)(H,24,26)/t18-/m1/s1. The average Bonchev–Trinajstić information content (AvgIpc) is 3.17. The van der Waals surface area contributed by atoms with Crippen molar-refractivity contribution in [2.45, 2.75) is 38.5 Å². The lowest BCUT2D eigenvalue weighted by atomic mass is 9.95. The molecule has 1 heterocycles. The minimum Gasteiger partial charge on any atom is -0.493 e. The van der Waals surface area contributed by atoms with Crippen LogP contribution in [0.25, 0.3) is 0 Å². The summed E-state index contributed by atoms with van der Waals surface area (Å²) in [6.07, 6.45) is 0.905. The zero-order chi connectivity index (χ0) is 21.0. The molecular weight excluding hydrogens is 374 g/mol. The Morgan fingerprint density at radius 3 is 2.62 bits per heavy atom. The van der Waals surface area contributed by atoms with Gasteiger partial charge in [0.1, 0.15) is 24.1 Å². The molecule has 2 aromatic carbocycles. The van der Waals surface area contributed by atoms with Gasteiger partial charge in [0.25, 0.3) is 11.8 Å². The maximum absolute atomic E-state index is 12.4. The van der Waals surface area contributed by atoms with E-state index in [0.717, 1.165) is 17.7 Å². The van der Waals surface area contributed by atoms with Crippen LogP contribution in [0.4, 0.5) is 0 Å². The highest BCUT2D eigenvalue weighted by Gasteiger charge is 2.33. The summed E-state index contributed by atoms with van der Waals surface area (Å²) in [6, 6.07) is 11.4. The molecule has 0 fully saturated rings. The second-order valence-corrected chi connectivity index (χ2v) is 7.56. The van der Waals surface area contributed by atoms with Gasteiger partial charge in [0.15, 0.2) is 0 Å². The Hall–Kier alpha value is -3.10. The molecule has 5 N–H and O–H groups in total. The predicted molar refractivity (Wildman–Crippen MR) is 106 cm³/mol. The summed E-state index contributed by atoms with van der Waals surface area (Å²) < 4.78 is 11.3. The van der Waals surface area contributed by atoms with Crippen LogP contribution in [0.2, 0.25) is 0 Å². The average molecular weight is 399 g/mol. The summed E-state index contributed by atoms with van der Waals surface area (Å²) in [4.78, 5) is 24.2. The molecule has 154 valence electrons. The molecular formula is C21H25N3O5. The Labute approximate surface area is 169 Å². The Morgan fingerprint density at radius 1 is 1.24 bits per heavy atom. The lowest BCUT2D eigenvalue weighted by molar-refractivity contribution is -0.132. The molecule has 0 saturated carbocycles. The first kappa shape index (κ1) is 20.6. The lowest BCUT2D eigenvalue weighted by Gasteiger charge is -2.29. The Kier molecular flexibility index (Phi) is 6.05. The van der Waals surface area contributed by atoms with E-state index in [-0.39, 0.29) is 0 Å². The molecule has 29 heavy (non-hydrogen) atoms. The minimum atomic E-state index is -1.10. The second kappa shape index (κ2) is 8.50. The summed E-state index contributed by atoms with van der Waals surface area (Å²) >= 11 is 0. The van der Waals surface area contributed by atoms with E-state index in [2.05, 4.69) is 11.4 Å². The van der Waals surface area contributed by atoms with E-state index in [4.69, 9.17) is 20.4 Å². The van der Waals surface area contributed by atoms with Gasteiger partial charge in [0, 0.05) is 17.5 Å². The van der Waals surface area contributed by atoms with E-state index in [1.165, 1.54) is 11.0 Å². The fraction of sp³-hybridized carbons (Fsp3) is 0.333. The fourth-order valence-corrected chi connectivity index (χ4v) is 3.07. The molecule has 1 aliphatic rings. The van der Waals surface area contributed by atoms with Crippen molar-refractivity contribution < 1.29 is 24.3 Å². The number of hydrogen-bond acceptors (Lipinski definition) is 6. The van der Waals surface area contributed by atoms with Crippen LogP contribution in [-0.4, -0.2) is 35.2 Å². The van der Waals surface area contributed by atoms with Crippen LogP contribution < -0.4 is 26.0 Å². The molecule has 0 radical (unpaired) electrons. The van der Waals surface area contributed by atoms with E-state index >= 15 is 0 Å². The molecule has 1 atom stereocenters. The molecule has 1 aliphatic heterocycles. The number of carbonyl (C=O) groups is 2. The number of carbonyl (C=O) groups excluding carboxylic acids is 2. The van der Waals surface area contributed by atoms with Gasteiger partial charge in [-0.25, -0.2) is 5.48 Å².